The number of carbonyl (C=O) groups is 1. The Balaban J connectivity index is 2.22. The molecule has 1 heterocycles. The van der Waals surface area contributed by atoms with Crippen LogP contribution in [0, 0.1) is 0 Å². The summed E-state index contributed by atoms with van der Waals surface area (Å²) in [5.41, 5.74) is 0. The Labute approximate surface area is 86.0 Å². The van der Waals surface area contributed by atoms with Crippen molar-refractivity contribution in [2.24, 2.45) is 0 Å². The van der Waals surface area contributed by atoms with Crippen LogP contribution in [0.4, 0.5) is 0 Å². The van der Waals surface area contributed by atoms with Crippen molar-refractivity contribution >= 4 is 29.1 Å². The van der Waals surface area contributed by atoms with Gasteiger partial charge < -0.3 is 5.11 Å². The molecule has 0 aromatic carbocycles. The number of aliphatic carboxylic acids is 1. The number of carboxylic acid groups (broad SMARTS) is 1. The van der Waals surface area contributed by atoms with Crippen molar-refractivity contribution in [3.05, 3.63) is 22.4 Å². The number of hydrogen-bond acceptors (Lipinski definition) is 3. The van der Waals surface area contributed by atoms with E-state index in [1.54, 1.807) is 23.1 Å². The molecule has 0 bridgehead atoms. The smallest absolute Gasteiger partial charge is 0.304 e. The fraction of sp³-hybridized carbons (Fsp3) is 0.444. The zero-order chi connectivity index (χ0) is 9.68. The molecule has 0 saturated carbocycles. The highest BCUT2D eigenvalue weighted by Crippen LogP contribution is 2.22. The summed E-state index contributed by atoms with van der Waals surface area (Å²) >= 11 is 3.41. The molecule has 72 valence electrons. The molecule has 0 aliphatic carbocycles. The SMILES string of the molecule is CC(CC(=O)O)SCc1cccs1. The van der Waals surface area contributed by atoms with Gasteiger partial charge in [0.15, 0.2) is 0 Å². The highest BCUT2D eigenvalue weighted by atomic mass is 32.2. The number of thioether (sulfide) groups is 1. The van der Waals surface area contributed by atoms with Crippen LogP contribution in [0.5, 0.6) is 0 Å². The summed E-state index contributed by atoms with van der Waals surface area (Å²) in [5.74, 6) is 0.206. The molecule has 0 radical (unpaired) electrons. The maximum Gasteiger partial charge on any atom is 0.304 e. The third-order valence-electron chi connectivity index (χ3n) is 1.55. The summed E-state index contributed by atoms with van der Waals surface area (Å²) < 4.78 is 0. The normalized spacial score (nSPS) is 12.7. The molecule has 0 amide bonds. The van der Waals surface area contributed by atoms with Gasteiger partial charge in [0.1, 0.15) is 0 Å². The summed E-state index contributed by atoms with van der Waals surface area (Å²) in [6.45, 7) is 1.95. The van der Waals surface area contributed by atoms with Gasteiger partial charge in [0.05, 0.1) is 6.42 Å². The summed E-state index contributed by atoms with van der Waals surface area (Å²) in [7, 11) is 0. The lowest BCUT2D eigenvalue weighted by atomic mass is 10.3. The molecule has 1 N–H and O–H groups in total. The summed E-state index contributed by atoms with van der Waals surface area (Å²) in [4.78, 5) is 11.7. The molecule has 4 heteroatoms. The lowest BCUT2D eigenvalue weighted by Crippen LogP contribution is -2.05. The van der Waals surface area contributed by atoms with Gasteiger partial charge in [0.2, 0.25) is 0 Å². The molecule has 2 nitrogen and oxygen atoms in total. The first-order chi connectivity index (χ1) is 6.18. The van der Waals surface area contributed by atoms with Crippen molar-refractivity contribution in [2.45, 2.75) is 24.3 Å². The molecule has 0 aliphatic rings. The van der Waals surface area contributed by atoms with Crippen molar-refractivity contribution in [3.8, 4) is 0 Å². The summed E-state index contributed by atoms with van der Waals surface area (Å²) in [6, 6.07) is 4.09. The Bertz CT molecular complexity index is 257. The Hall–Kier alpha value is -0.480. The maximum absolute atomic E-state index is 10.4. The molecule has 0 aliphatic heterocycles. The number of carboxylic acids is 1. The second-order valence-electron chi connectivity index (χ2n) is 2.80. The zero-order valence-corrected chi connectivity index (χ0v) is 9.03. The molecule has 1 rings (SSSR count). The molecular weight excluding hydrogens is 204 g/mol. The topological polar surface area (TPSA) is 37.3 Å². The van der Waals surface area contributed by atoms with Gasteiger partial charge in [-0.25, -0.2) is 0 Å². The number of thiophene rings is 1. The van der Waals surface area contributed by atoms with E-state index in [2.05, 4.69) is 6.07 Å². The van der Waals surface area contributed by atoms with Crippen LogP contribution < -0.4 is 0 Å². The predicted molar refractivity (Wildman–Crippen MR) is 57.3 cm³/mol. The Morgan fingerprint density at radius 3 is 3.08 bits per heavy atom. The highest BCUT2D eigenvalue weighted by molar-refractivity contribution is 7.99. The molecule has 0 fully saturated rings. The van der Waals surface area contributed by atoms with Gasteiger partial charge in [-0.05, 0) is 11.4 Å². The molecule has 0 saturated heterocycles. The minimum Gasteiger partial charge on any atom is -0.481 e. The van der Waals surface area contributed by atoms with Crippen molar-refractivity contribution in [1.82, 2.24) is 0 Å². The molecular formula is C9H12O2S2. The first kappa shape index (κ1) is 10.6. The highest BCUT2D eigenvalue weighted by Gasteiger charge is 2.07. The van der Waals surface area contributed by atoms with Crippen LogP contribution in [0.3, 0.4) is 0 Å². The van der Waals surface area contributed by atoms with Gasteiger partial charge in [-0.1, -0.05) is 13.0 Å². The van der Waals surface area contributed by atoms with Crippen LogP contribution >= 0.6 is 23.1 Å². The van der Waals surface area contributed by atoms with E-state index in [1.165, 1.54) is 4.88 Å². The first-order valence-electron chi connectivity index (χ1n) is 4.04. The van der Waals surface area contributed by atoms with E-state index in [0.29, 0.717) is 0 Å². The lowest BCUT2D eigenvalue weighted by Gasteiger charge is -2.06. The molecule has 13 heavy (non-hydrogen) atoms. The maximum atomic E-state index is 10.4. The van der Waals surface area contributed by atoms with Crippen LogP contribution in [0.2, 0.25) is 0 Å². The molecule has 1 aromatic rings. The Kier molecular flexibility index (Phi) is 4.32. The molecule has 0 spiro atoms. The summed E-state index contributed by atoms with van der Waals surface area (Å²) in [6.07, 6.45) is 0.246. The lowest BCUT2D eigenvalue weighted by molar-refractivity contribution is -0.136. The van der Waals surface area contributed by atoms with E-state index in [0.717, 1.165) is 5.75 Å². The third kappa shape index (κ3) is 4.33. The fourth-order valence-corrected chi connectivity index (χ4v) is 2.69. The van der Waals surface area contributed by atoms with Crippen molar-refractivity contribution in [2.75, 3.05) is 0 Å². The van der Waals surface area contributed by atoms with Gasteiger partial charge in [0, 0.05) is 15.9 Å². The van der Waals surface area contributed by atoms with Gasteiger partial charge in [-0.2, -0.15) is 11.8 Å². The van der Waals surface area contributed by atoms with Crippen molar-refractivity contribution in [1.29, 1.82) is 0 Å². The molecule has 1 atom stereocenters. The number of rotatable bonds is 5. The van der Waals surface area contributed by atoms with Crippen LogP contribution in [-0.4, -0.2) is 16.3 Å². The Morgan fingerprint density at radius 2 is 2.54 bits per heavy atom. The average Bonchev–Trinajstić information content (AvgIpc) is 2.51. The second kappa shape index (κ2) is 5.29. The van der Waals surface area contributed by atoms with Crippen molar-refractivity contribution < 1.29 is 9.90 Å². The van der Waals surface area contributed by atoms with E-state index in [-0.39, 0.29) is 11.7 Å². The minimum absolute atomic E-state index is 0.194. The van der Waals surface area contributed by atoms with Crippen LogP contribution in [0.15, 0.2) is 17.5 Å². The first-order valence-corrected chi connectivity index (χ1v) is 5.97. The minimum atomic E-state index is -0.717. The molecule has 1 aromatic heterocycles. The van der Waals surface area contributed by atoms with Crippen molar-refractivity contribution in [3.63, 3.8) is 0 Å². The van der Waals surface area contributed by atoms with E-state index >= 15 is 0 Å². The van der Waals surface area contributed by atoms with Gasteiger partial charge in [0.25, 0.3) is 0 Å². The largest absolute Gasteiger partial charge is 0.481 e. The third-order valence-corrected chi connectivity index (χ3v) is 3.82. The second-order valence-corrected chi connectivity index (χ2v) is 5.26. The van der Waals surface area contributed by atoms with Crippen LogP contribution in [0.1, 0.15) is 18.2 Å². The monoisotopic (exact) mass is 216 g/mol. The van der Waals surface area contributed by atoms with E-state index in [9.17, 15) is 4.79 Å². The zero-order valence-electron chi connectivity index (χ0n) is 7.40. The quantitative estimate of drug-likeness (QED) is 0.822. The fourth-order valence-electron chi connectivity index (χ4n) is 0.924. The van der Waals surface area contributed by atoms with E-state index < -0.39 is 5.97 Å². The molecule has 1 unspecified atom stereocenters. The number of hydrogen-bond donors (Lipinski definition) is 1. The predicted octanol–water partition coefficient (Wildman–Crippen LogP) is 2.84. The van der Waals surface area contributed by atoms with Crippen LogP contribution in [0.25, 0.3) is 0 Å². The van der Waals surface area contributed by atoms with E-state index in [4.69, 9.17) is 5.11 Å². The average molecular weight is 216 g/mol. The summed E-state index contributed by atoms with van der Waals surface area (Å²) in [5, 5.41) is 10.8. The van der Waals surface area contributed by atoms with E-state index in [1.807, 2.05) is 18.4 Å². The van der Waals surface area contributed by atoms with Gasteiger partial charge >= 0.3 is 5.97 Å². The van der Waals surface area contributed by atoms with Crippen LogP contribution in [-0.2, 0) is 10.5 Å². The van der Waals surface area contributed by atoms with Gasteiger partial charge in [-0.3, -0.25) is 4.79 Å². The van der Waals surface area contributed by atoms with Gasteiger partial charge in [-0.15, -0.1) is 11.3 Å². The standard InChI is InChI=1S/C9H12O2S2/c1-7(5-9(10)11)13-6-8-3-2-4-12-8/h2-4,7H,5-6H2,1H3,(H,10,11). The Morgan fingerprint density at radius 1 is 1.77 bits per heavy atom.